The third-order valence-corrected chi connectivity index (χ3v) is 5.70. The molecule has 3 rings (SSSR count). The Morgan fingerprint density at radius 1 is 1.04 bits per heavy atom. The van der Waals surface area contributed by atoms with Crippen LogP contribution in [0.4, 0.5) is 5.69 Å². The van der Waals surface area contributed by atoms with E-state index in [4.69, 9.17) is 4.74 Å². The van der Waals surface area contributed by atoms with Crippen molar-refractivity contribution in [2.24, 2.45) is 0 Å². The second-order valence-corrected chi connectivity index (χ2v) is 7.35. The first-order valence-corrected chi connectivity index (χ1v) is 8.94. The maximum Gasteiger partial charge on any atom is 0.312 e. The number of sulfonamides is 1. The molecule has 2 aromatic carbocycles. The predicted octanol–water partition coefficient (Wildman–Crippen LogP) is 3.17. The molecular weight excluding hydrogens is 332 g/mol. The van der Waals surface area contributed by atoms with Gasteiger partial charge in [0.1, 0.15) is 5.75 Å². The molecular formula is C16H16N2O5S. The lowest BCUT2D eigenvalue weighted by molar-refractivity contribution is -0.385. The van der Waals surface area contributed by atoms with E-state index in [0.29, 0.717) is 18.8 Å². The van der Waals surface area contributed by atoms with Crippen molar-refractivity contribution in [1.29, 1.82) is 0 Å². The highest BCUT2D eigenvalue weighted by molar-refractivity contribution is 7.89. The summed E-state index contributed by atoms with van der Waals surface area (Å²) in [5, 5.41) is 11.3. The molecule has 0 bridgehead atoms. The number of nitro groups is 1. The predicted molar refractivity (Wildman–Crippen MR) is 87.6 cm³/mol. The van der Waals surface area contributed by atoms with E-state index in [1.54, 1.807) is 30.3 Å². The minimum Gasteiger partial charge on any atom is -0.450 e. The van der Waals surface area contributed by atoms with Crippen molar-refractivity contribution in [3.63, 3.8) is 0 Å². The Bertz CT molecular complexity index is 846. The molecule has 0 amide bonds. The van der Waals surface area contributed by atoms with Gasteiger partial charge in [-0.15, -0.1) is 0 Å². The van der Waals surface area contributed by atoms with Gasteiger partial charge in [0.05, 0.1) is 9.82 Å². The van der Waals surface area contributed by atoms with Crippen molar-refractivity contribution in [2.45, 2.75) is 17.7 Å². The molecule has 0 radical (unpaired) electrons. The van der Waals surface area contributed by atoms with E-state index in [1.165, 1.54) is 16.4 Å². The Kier molecular flexibility index (Phi) is 4.50. The van der Waals surface area contributed by atoms with Crippen LogP contribution in [0.25, 0.3) is 0 Å². The van der Waals surface area contributed by atoms with Crippen LogP contribution in [0.5, 0.6) is 11.5 Å². The molecule has 0 unspecified atom stereocenters. The van der Waals surface area contributed by atoms with Gasteiger partial charge in [-0.3, -0.25) is 10.1 Å². The Balaban J connectivity index is 1.97. The molecule has 1 fully saturated rings. The van der Waals surface area contributed by atoms with Crippen molar-refractivity contribution in [3.8, 4) is 11.5 Å². The molecule has 0 aliphatic carbocycles. The summed E-state index contributed by atoms with van der Waals surface area (Å²) in [7, 11) is -3.71. The molecule has 2 aromatic rings. The highest BCUT2D eigenvalue weighted by Crippen LogP contribution is 2.34. The van der Waals surface area contributed by atoms with Gasteiger partial charge in [-0.25, -0.2) is 8.42 Å². The van der Waals surface area contributed by atoms with E-state index in [0.717, 1.165) is 18.9 Å². The first-order chi connectivity index (χ1) is 11.5. The summed E-state index contributed by atoms with van der Waals surface area (Å²) in [5.41, 5.74) is -0.376. The van der Waals surface area contributed by atoms with Gasteiger partial charge in [-0.1, -0.05) is 18.2 Å². The summed E-state index contributed by atoms with van der Waals surface area (Å²) in [6.45, 7) is 0.886. The zero-order chi connectivity index (χ0) is 17.2. The highest BCUT2D eigenvalue weighted by Gasteiger charge is 2.29. The molecule has 126 valence electrons. The molecule has 0 aromatic heterocycles. The first kappa shape index (κ1) is 16.4. The van der Waals surface area contributed by atoms with Crippen LogP contribution in [0.1, 0.15) is 12.8 Å². The lowest BCUT2D eigenvalue weighted by Crippen LogP contribution is -2.27. The molecule has 8 heteroatoms. The van der Waals surface area contributed by atoms with E-state index in [1.807, 2.05) is 0 Å². The number of hydrogen-bond acceptors (Lipinski definition) is 5. The molecule has 0 atom stereocenters. The van der Waals surface area contributed by atoms with Gasteiger partial charge in [0.2, 0.25) is 15.8 Å². The van der Waals surface area contributed by atoms with Crippen LogP contribution in [-0.4, -0.2) is 30.7 Å². The summed E-state index contributed by atoms with van der Waals surface area (Å²) in [5.74, 6) is 0.447. The Morgan fingerprint density at radius 3 is 2.33 bits per heavy atom. The molecule has 0 saturated carbocycles. The normalized spacial score (nSPS) is 15.3. The van der Waals surface area contributed by atoms with Crippen LogP contribution in [0.3, 0.4) is 0 Å². The molecule has 24 heavy (non-hydrogen) atoms. The zero-order valence-corrected chi connectivity index (χ0v) is 13.6. The van der Waals surface area contributed by atoms with E-state index < -0.39 is 14.9 Å². The molecule has 7 nitrogen and oxygen atoms in total. The number of nitro benzene ring substituents is 1. The fraction of sp³-hybridized carbons (Fsp3) is 0.250. The first-order valence-electron chi connectivity index (χ1n) is 7.50. The standard InChI is InChI=1S/C16H16N2O5S/c19-18(20)15-12-14(24(21,22)17-10-4-5-11-17)8-9-16(15)23-13-6-2-1-3-7-13/h1-3,6-9,12H,4-5,10-11H2. The fourth-order valence-corrected chi connectivity index (χ4v) is 4.12. The van der Waals surface area contributed by atoms with Crippen LogP contribution in [0, 0.1) is 10.1 Å². The molecule has 1 saturated heterocycles. The van der Waals surface area contributed by atoms with E-state index in [9.17, 15) is 18.5 Å². The average molecular weight is 348 g/mol. The van der Waals surface area contributed by atoms with Crippen molar-refractivity contribution >= 4 is 15.7 Å². The van der Waals surface area contributed by atoms with Crippen LogP contribution < -0.4 is 4.74 Å². The van der Waals surface area contributed by atoms with Gasteiger partial charge in [-0.2, -0.15) is 4.31 Å². The lowest BCUT2D eigenvalue weighted by Gasteiger charge is -2.15. The molecule has 1 aliphatic rings. The summed E-state index contributed by atoms with van der Waals surface area (Å²) >= 11 is 0. The summed E-state index contributed by atoms with van der Waals surface area (Å²) < 4.78 is 31.9. The van der Waals surface area contributed by atoms with Crippen LogP contribution in [0.15, 0.2) is 53.4 Å². The van der Waals surface area contributed by atoms with Crippen molar-refractivity contribution in [2.75, 3.05) is 13.1 Å². The smallest absolute Gasteiger partial charge is 0.312 e. The molecule has 0 spiro atoms. The quantitative estimate of drug-likeness (QED) is 0.611. The van der Waals surface area contributed by atoms with Crippen molar-refractivity contribution < 1.29 is 18.1 Å². The van der Waals surface area contributed by atoms with Gasteiger partial charge < -0.3 is 4.74 Å². The van der Waals surface area contributed by atoms with Gasteiger partial charge in [0, 0.05) is 19.2 Å². The monoisotopic (exact) mass is 348 g/mol. The van der Waals surface area contributed by atoms with Gasteiger partial charge in [-0.05, 0) is 37.1 Å². The van der Waals surface area contributed by atoms with Crippen LogP contribution >= 0.6 is 0 Å². The topological polar surface area (TPSA) is 89.8 Å². The largest absolute Gasteiger partial charge is 0.450 e. The maximum absolute atomic E-state index is 12.5. The average Bonchev–Trinajstić information content (AvgIpc) is 3.11. The summed E-state index contributed by atoms with van der Waals surface area (Å²) in [6.07, 6.45) is 1.60. The Hall–Kier alpha value is -2.45. The fourth-order valence-electron chi connectivity index (χ4n) is 2.58. The number of hydrogen-bond donors (Lipinski definition) is 0. The van der Waals surface area contributed by atoms with Crippen molar-refractivity contribution in [3.05, 3.63) is 58.6 Å². The third kappa shape index (κ3) is 3.24. The van der Waals surface area contributed by atoms with E-state index in [-0.39, 0.29) is 16.3 Å². The minimum atomic E-state index is -3.71. The SMILES string of the molecule is O=[N+]([O-])c1cc(S(=O)(=O)N2CCCC2)ccc1Oc1ccccc1. The van der Waals surface area contributed by atoms with Crippen molar-refractivity contribution in [1.82, 2.24) is 4.31 Å². The maximum atomic E-state index is 12.5. The highest BCUT2D eigenvalue weighted by atomic mass is 32.2. The van der Waals surface area contributed by atoms with Gasteiger partial charge in [0.25, 0.3) is 0 Å². The second kappa shape index (κ2) is 6.58. The number of para-hydroxylation sites is 1. The van der Waals surface area contributed by atoms with Crippen LogP contribution in [-0.2, 0) is 10.0 Å². The molecule has 1 heterocycles. The number of nitrogens with zero attached hydrogens (tertiary/aromatic N) is 2. The second-order valence-electron chi connectivity index (χ2n) is 5.41. The van der Waals surface area contributed by atoms with Crippen LogP contribution in [0.2, 0.25) is 0 Å². The van der Waals surface area contributed by atoms with Gasteiger partial charge >= 0.3 is 5.69 Å². The lowest BCUT2D eigenvalue weighted by atomic mass is 10.3. The van der Waals surface area contributed by atoms with E-state index in [2.05, 4.69) is 0 Å². The Labute approximate surface area is 139 Å². The Morgan fingerprint density at radius 2 is 1.71 bits per heavy atom. The number of benzene rings is 2. The summed E-state index contributed by atoms with van der Waals surface area (Å²) in [4.78, 5) is 10.6. The third-order valence-electron chi connectivity index (χ3n) is 3.80. The number of rotatable bonds is 5. The summed E-state index contributed by atoms with van der Waals surface area (Å²) in [6, 6.07) is 12.4. The minimum absolute atomic E-state index is 0.00609. The molecule has 1 aliphatic heterocycles. The van der Waals surface area contributed by atoms with E-state index >= 15 is 0 Å². The zero-order valence-electron chi connectivity index (χ0n) is 12.8. The van der Waals surface area contributed by atoms with Gasteiger partial charge in [0.15, 0.2) is 0 Å². The molecule has 0 N–H and O–H groups in total. The number of ether oxygens (including phenoxy) is 1.